The predicted octanol–water partition coefficient (Wildman–Crippen LogP) is 2.43. The molecule has 0 radical (unpaired) electrons. The van der Waals surface area contributed by atoms with E-state index in [0.717, 1.165) is 22.7 Å². The van der Waals surface area contributed by atoms with E-state index >= 15 is 0 Å². The molecule has 3 N–H and O–H groups in total. The Labute approximate surface area is 145 Å². The Balaban J connectivity index is 1.79. The van der Waals surface area contributed by atoms with E-state index < -0.39 is 10.0 Å². The average molecular weight is 358 g/mol. The highest BCUT2D eigenvalue weighted by Crippen LogP contribution is 2.20. The topological polar surface area (TPSA) is 104 Å². The van der Waals surface area contributed by atoms with Gasteiger partial charge in [-0.25, -0.2) is 8.42 Å². The van der Waals surface area contributed by atoms with Crippen molar-refractivity contribution in [1.29, 1.82) is 0 Å². The van der Waals surface area contributed by atoms with Crippen molar-refractivity contribution < 1.29 is 13.2 Å². The Bertz CT molecular complexity index is 1030. The molecule has 0 aliphatic heterocycles. The lowest BCUT2D eigenvalue weighted by molar-refractivity contribution is 0.0936. The number of hydrogen-bond acceptors (Lipinski definition) is 4. The fourth-order valence-corrected chi connectivity index (χ4v) is 3.13. The third kappa shape index (κ3) is 3.97. The summed E-state index contributed by atoms with van der Waals surface area (Å²) in [5.74, 6) is -0.300. The van der Waals surface area contributed by atoms with Gasteiger partial charge in [-0.1, -0.05) is 30.3 Å². The summed E-state index contributed by atoms with van der Waals surface area (Å²) in [7, 11) is -3.35. The van der Waals surface area contributed by atoms with Crippen molar-refractivity contribution in [2.45, 2.75) is 13.0 Å². The maximum atomic E-state index is 12.5. The zero-order valence-corrected chi connectivity index (χ0v) is 14.6. The summed E-state index contributed by atoms with van der Waals surface area (Å²) < 4.78 is 25.1. The monoisotopic (exact) mass is 358 g/mol. The smallest absolute Gasteiger partial charge is 0.272 e. The molecule has 1 aromatic heterocycles. The first kappa shape index (κ1) is 17.0. The molecule has 25 heavy (non-hydrogen) atoms. The Morgan fingerprint density at radius 1 is 1.16 bits per heavy atom. The summed E-state index contributed by atoms with van der Waals surface area (Å²) in [4.78, 5) is 12.5. The zero-order chi connectivity index (χ0) is 18.0. The van der Waals surface area contributed by atoms with Crippen LogP contribution in [-0.4, -0.2) is 30.8 Å². The molecule has 3 aromatic rings. The van der Waals surface area contributed by atoms with Gasteiger partial charge in [0.1, 0.15) is 0 Å². The number of fused-ring (bicyclic) bond motifs is 1. The molecule has 2 aromatic carbocycles. The summed E-state index contributed by atoms with van der Waals surface area (Å²) in [5.41, 5.74) is 2.35. The van der Waals surface area contributed by atoms with E-state index in [4.69, 9.17) is 0 Å². The fourth-order valence-electron chi connectivity index (χ4n) is 2.57. The van der Waals surface area contributed by atoms with Gasteiger partial charge in [0, 0.05) is 11.1 Å². The molecular weight excluding hydrogens is 340 g/mol. The third-order valence-corrected chi connectivity index (χ3v) is 4.33. The van der Waals surface area contributed by atoms with Crippen LogP contribution in [0.4, 0.5) is 5.69 Å². The Morgan fingerprint density at radius 2 is 1.92 bits per heavy atom. The zero-order valence-electron chi connectivity index (χ0n) is 13.8. The Hall–Kier alpha value is -2.87. The van der Waals surface area contributed by atoms with Crippen molar-refractivity contribution in [2.24, 2.45) is 0 Å². The van der Waals surface area contributed by atoms with Crippen LogP contribution in [0.15, 0.2) is 48.5 Å². The first-order valence-corrected chi connectivity index (χ1v) is 9.54. The number of rotatable bonds is 5. The first-order chi connectivity index (χ1) is 11.8. The molecule has 0 aliphatic rings. The van der Waals surface area contributed by atoms with Crippen LogP contribution in [0.3, 0.4) is 0 Å². The third-order valence-electron chi connectivity index (χ3n) is 3.72. The molecule has 0 fully saturated rings. The largest absolute Gasteiger partial charge is 0.344 e. The number of aromatic nitrogens is 2. The van der Waals surface area contributed by atoms with E-state index in [1.165, 1.54) is 0 Å². The van der Waals surface area contributed by atoms with Crippen LogP contribution in [-0.2, 0) is 10.0 Å². The van der Waals surface area contributed by atoms with Gasteiger partial charge in [0.05, 0.1) is 17.8 Å². The second-order valence-corrected chi connectivity index (χ2v) is 7.56. The molecule has 8 heteroatoms. The second kappa shape index (κ2) is 6.56. The molecule has 1 atom stereocenters. The van der Waals surface area contributed by atoms with Crippen LogP contribution in [0, 0.1) is 0 Å². The lowest BCUT2D eigenvalue weighted by atomic mass is 10.1. The van der Waals surface area contributed by atoms with Crippen LogP contribution >= 0.6 is 0 Å². The van der Waals surface area contributed by atoms with Crippen LogP contribution in [0.2, 0.25) is 0 Å². The maximum Gasteiger partial charge on any atom is 0.272 e. The molecule has 1 heterocycles. The maximum absolute atomic E-state index is 12.5. The Morgan fingerprint density at radius 3 is 2.68 bits per heavy atom. The molecule has 1 amide bonds. The van der Waals surface area contributed by atoms with Crippen molar-refractivity contribution >= 4 is 32.5 Å². The predicted molar refractivity (Wildman–Crippen MR) is 96.9 cm³/mol. The lowest BCUT2D eigenvalue weighted by Crippen LogP contribution is -2.27. The molecule has 0 bridgehead atoms. The number of anilines is 1. The molecule has 0 spiro atoms. The van der Waals surface area contributed by atoms with E-state index in [1.807, 2.05) is 37.3 Å². The fraction of sp³-hybridized carbons (Fsp3) is 0.176. The molecule has 7 nitrogen and oxygen atoms in total. The van der Waals surface area contributed by atoms with Gasteiger partial charge in [-0.3, -0.25) is 14.6 Å². The number of aromatic amines is 1. The van der Waals surface area contributed by atoms with Crippen molar-refractivity contribution in [3.05, 3.63) is 59.8 Å². The standard InChI is InChI=1S/C17H18N4O3S/c1-11(12-6-5-7-13(10-12)21-25(2,23)24)18-17(22)16-14-8-3-4-9-15(14)19-20-16/h3-11,21H,1-2H3,(H,18,22)(H,19,20). The molecule has 1 unspecified atom stereocenters. The summed E-state index contributed by atoms with van der Waals surface area (Å²) in [6.07, 6.45) is 1.09. The van der Waals surface area contributed by atoms with Crippen molar-refractivity contribution in [3.8, 4) is 0 Å². The number of sulfonamides is 1. The van der Waals surface area contributed by atoms with Gasteiger partial charge in [-0.2, -0.15) is 5.10 Å². The minimum absolute atomic E-state index is 0.300. The number of H-pyrrole nitrogens is 1. The van der Waals surface area contributed by atoms with Crippen LogP contribution in [0.5, 0.6) is 0 Å². The summed E-state index contributed by atoms with van der Waals surface area (Å²) >= 11 is 0. The highest BCUT2D eigenvalue weighted by Gasteiger charge is 2.17. The summed E-state index contributed by atoms with van der Waals surface area (Å²) in [6, 6.07) is 14.0. The molecule has 0 saturated heterocycles. The van der Waals surface area contributed by atoms with E-state index in [0.29, 0.717) is 11.4 Å². The minimum atomic E-state index is -3.35. The average Bonchev–Trinajstić information content (AvgIpc) is 2.97. The van der Waals surface area contributed by atoms with Crippen molar-refractivity contribution in [3.63, 3.8) is 0 Å². The lowest BCUT2D eigenvalue weighted by Gasteiger charge is -2.15. The second-order valence-electron chi connectivity index (χ2n) is 5.81. The Kier molecular flexibility index (Phi) is 4.45. The quantitative estimate of drug-likeness (QED) is 0.651. The number of para-hydroxylation sites is 1. The number of carbonyl (C=O) groups is 1. The molecule has 3 rings (SSSR count). The number of nitrogens with zero attached hydrogens (tertiary/aromatic N) is 1. The van der Waals surface area contributed by atoms with Gasteiger partial charge < -0.3 is 5.32 Å². The minimum Gasteiger partial charge on any atom is -0.344 e. The number of carbonyl (C=O) groups excluding carboxylic acids is 1. The molecule has 0 saturated carbocycles. The van der Waals surface area contributed by atoms with Gasteiger partial charge in [-0.15, -0.1) is 0 Å². The van der Waals surface area contributed by atoms with Crippen LogP contribution in [0.1, 0.15) is 29.0 Å². The SMILES string of the molecule is CC(NC(=O)c1n[nH]c2ccccc12)c1cccc(NS(C)(=O)=O)c1. The number of hydrogen-bond donors (Lipinski definition) is 3. The van der Waals surface area contributed by atoms with E-state index in [9.17, 15) is 13.2 Å². The summed E-state index contributed by atoms with van der Waals surface area (Å²) in [6.45, 7) is 1.83. The van der Waals surface area contributed by atoms with Gasteiger partial charge in [0.15, 0.2) is 5.69 Å². The molecule has 130 valence electrons. The molecular formula is C17H18N4O3S. The summed E-state index contributed by atoms with van der Waals surface area (Å²) in [5, 5.41) is 10.5. The normalized spacial score (nSPS) is 12.7. The number of amides is 1. The van der Waals surface area contributed by atoms with Gasteiger partial charge in [0.25, 0.3) is 5.91 Å². The highest BCUT2D eigenvalue weighted by atomic mass is 32.2. The van der Waals surface area contributed by atoms with Crippen molar-refractivity contribution in [2.75, 3.05) is 11.0 Å². The van der Waals surface area contributed by atoms with Gasteiger partial charge >= 0.3 is 0 Å². The number of nitrogens with one attached hydrogen (secondary N) is 3. The first-order valence-electron chi connectivity index (χ1n) is 7.65. The van der Waals surface area contributed by atoms with Crippen LogP contribution < -0.4 is 10.0 Å². The van der Waals surface area contributed by atoms with E-state index in [-0.39, 0.29) is 11.9 Å². The van der Waals surface area contributed by atoms with Crippen molar-refractivity contribution in [1.82, 2.24) is 15.5 Å². The molecule has 0 aliphatic carbocycles. The van der Waals surface area contributed by atoms with Gasteiger partial charge in [0.2, 0.25) is 10.0 Å². The van der Waals surface area contributed by atoms with E-state index in [1.54, 1.807) is 18.2 Å². The number of benzene rings is 2. The van der Waals surface area contributed by atoms with E-state index in [2.05, 4.69) is 20.2 Å². The highest BCUT2D eigenvalue weighted by molar-refractivity contribution is 7.92. The van der Waals surface area contributed by atoms with Crippen LogP contribution in [0.25, 0.3) is 10.9 Å². The van der Waals surface area contributed by atoms with Gasteiger partial charge in [-0.05, 0) is 30.7 Å².